The number of nitrogens with zero attached hydrogens (tertiary/aromatic N) is 1. The third-order valence-electron chi connectivity index (χ3n) is 3.91. The molecule has 0 heterocycles. The van der Waals surface area contributed by atoms with E-state index >= 15 is 0 Å². The molecule has 1 rings (SSSR count). The van der Waals surface area contributed by atoms with Crippen molar-refractivity contribution >= 4 is 29.1 Å². The van der Waals surface area contributed by atoms with Gasteiger partial charge in [-0.1, -0.05) is 13.8 Å². The lowest BCUT2D eigenvalue weighted by atomic mass is 10.0. The first kappa shape index (κ1) is 16.1. The predicted molar refractivity (Wildman–Crippen MR) is 75.1 cm³/mol. The first-order valence-corrected chi connectivity index (χ1v) is 7.27. The zero-order valence-electron chi connectivity index (χ0n) is 11.6. The molecule has 5 heteroatoms. The number of methoxy groups -OCH3 is 1. The lowest BCUT2D eigenvalue weighted by molar-refractivity contribution is -0.139. The van der Waals surface area contributed by atoms with Crippen molar-refractivity contribution in [2.45, 2.75) is 50.4 Å². The molecule has 1 aliphatic carbocycles. The van der Waals surface area contributed by atoms with Crippen LogP contribution >= 0.6 is 23.2 Å². The number of halogens is 2. The number of hydrogen-bond donors (Lipinski definition) is 0. The van der Waals surface area contributed by atoms with Crippen LogP contribution in [0.4, 0.5) is 0 Å². The molecule has 0 radical (unpaired) electrons. The van der Waals surface area contributed by atoms with Gasteiger partial charge in [0.2, 0.25) is 5.91 Å². The quantitative estimate of drug-likeness (QED) is 0.675. The van der Waals surface area contributed by atoms with Crippen molar-refractivity contribution in [1.29, 1.82) is 0 Å². The monoisotopic (exact) mass is 295 g/mol. The molecule has 106 valence electrons. The summed E-state index contributed by atoms with van der Waals surface area (Å²) in [6.45, 7) is 7.16. The van der Waals surface area contributed by atoms with Crippen LogP contribution in [0.1, 0.15) is 40.0 Å². The van der Waals surface area contributed by atoms with Crippen LogP contribution in [0.2, 0.25) is 0 Å². The fourth-order valence-corrected chi connectivity index (χ4v) is 3.01. The van der Waals surface area contributed by atoms with E-state index in [-0.39, 0.29) is 11.9 Å². The summed E-state index contributed by atoms with van der Waals surface area (Å²) < 4.78 is 4.19. The van der Waals surface area contributed by atoms with Crippen molar-refractivity contribution in [2.75, 3.05) is 20.3 Å². The van der Waals surface area contributed by atoms with E-state index in [4.69, 9.17) is 27.9 Å². The van der Waals surface area contributed by atoms with Gasteiger partial charge in [-0.25, -0.2) is 0 Å². The van der Waals surface area contributed by atoms with Gasteiger partial charge < -0.3 is 9.64 Å². The highest BCUT2D eigenvalue weighted by atomic mass is 35.5. The van der Waals surface area contributed by atoms with Gasteiger partial charge >= 0.3 is 0 Å². The Labute approximate surface area is 120 Å². The van der Waals surface area contributed by atoms with Crippen molar-refractivity contribution in [3.63, 3.8) is 0 Å². The van der Waals surface area contributed by atoms with Crippen LogP contribution in [0.5, 0.6) is 0 Å². The number of rotatable bonds is 7. The first-order valence-electron chi connectivity index (χ1n) is 6.51. The van der Waals surface area contributed by atoms with Gasteiger partial charge in [-0.3, -0.25) is 4.79 Å². The van der Waals surface area contributed by atoms with Gasteiger partial charge in [0.15, 0.2) is 0 Å². The average molecular weight is 296 g/mol. The van der Waals surface area contributed by atoms with E-state index in [9.17, 15) is 4.79 Å². The van der Waals surface area contributed by atoms with Gasteiger partial charge in [0.25, 0.3) is 0 Å². The highest BCUT2D eigenvalue weighted by Crippen LogP contribution is 2.64. The Hall–Kier alpha value is 0.01000. The molecule has 0 aliphatic heterocycles. The van der Waals surface area contributed by atoms with Crippen molar-refractivity contribution in [2.24, 2.45) is 5.41 Å². The zero-order chi connectivity index (χ0) is 14.0. The maximum atomic E-state index is 12.6. The van der Waals surface area contributed by atoms with E-state index < -0.39 is 9.75 Å². The molecule has 18 heavy (non-hydrogen) atoms. The number of ether oxygens (including phenoxy) is 1. The van der Waals surface area contributed by atoms with E-state index in [0.29, 0.717) is 19.6 Å². The van der Waals surface area contributed by atoms with Gasteiger partial charge in [0.1, 0.15) is 4.33 Å². The summed E-state index contributed by atoms with van der Waals surface area (Å²) >= 11 is 12.2. The third kappa shape index (κ3) is 2.94. The molecule has 1 atom stereocenters. The Kier molecular flexibility index (Phi) is 5.33. The molecule has 1 aliphatic rings. The molecular weight excluding hydrogens is 273 g/mol. The summed E-state index contributed by atoms with van der Waals surface area (Å²) in [6, 6.07) is 0.231. The molecule has 1 amide bonds. The number of alkyl halides is 2. The van der Waals surface area contributed by atoms with E-state index in [1.54, 1.807) is 7.11 Å². The molecule has 0 aromatic carbocycles. The molecule has 3 nitrogen and oxygen atoms in total. The predicted octanol–water partition coefficient (Wildman–Crippen LogP) is 3.23. The first-order chi connectivity index (χ1) is 8.34. The summed E-state index contributed by atoms with van der Waals surface area (Å²) in [5.41, 5.74) is -0.632. The van der Waals surface area contributed by atoms with Crippen molar-refractivity contribution in [3.8, 4) is 0 Å². The van der Waals surface area contributed by atoms with Crippen LogP contribution in [0.15, 0.2) is 0 Å². The number of amides is 1. The molecule has 0 N–H and O–H groups in total. The second-order valence-electron chi connectivity index (χ2n) is 5.17. The van der Waals surface area contributed by atoms with E-state index in [1.807, 2.05) is 11.8 Å². The third-order valence-corrected chi connectivity index (χ3v) is 5.01. The topological polar surface area (TPSA) is 29.5 Å². The summed E-state index contributed by atoms with van der Waals surface area (Å²) in [7, 11) is 1.64. The maximum Gasteiger partial charge on any atom is 0.231 e. The molecular formula is C13H23Cl2NO2. The van der Waals surface area contributed by atoms with E-state index in [0.717, 1.165) is 12.8 Å². The van der Waals surface area contributed by atoms with Crippen LogP contribution in [-0.2, 0) is 9.53 Å². The zero-order valence-corrected chi connectivity index (χ0v) is 13.1. The van der Waals surface area contributed by atoms with Crippen LogP contribution in [-0.4, -0.2) is 41.4 Å². The summed E-state index contributed by atoms with van der Waals surface area (Å²) in [5.74, 6) is 0.0539. The lowest BCUT2D eigenvalue weighted by Gasteiger charge is -2.33. The molecule has 0 spiro atoms. The fraction of sp³-hybridized carbons (Fsp3) is 0.923. The Morgan fingerprint density at radius 3 is 2.22 bits per heavy atom. The Morgan fingerprint density at radius 1 is 1.39 bits per heavy atom. The molecule has 0 saturated heterocycles. The summed E-state index contributed by atoms with van der Waals surface area (Å²) in [6.07, 6.45) is 2.39. The van der Waals surface area contributed by atoms with E-state index in [1.165, 1.54) is 0 Å². The SMILES string of the molecule is CCC(CC)N(CCOC)C(=O)C1(C)CC1(Cl)Cl. The largest absolute Gasteiger partial charge is 0.383 e. The summed E-state index contributed by atoms with van der Waals surface area (Å²) in [5, 5.41) is 0. The molecule has 0 aromatic heterocycles. The van der Waals surface area contributed by atoms with Crippen molar-refractivity contribution < 1.29 is 9.53 Å². The number of hydrogen-bond acceptors (Lipinski definition) is 2. The molecule has 1 unspecified atom stereocenters. The number of carbonyl (C=O) groups excluding carboxylic acids is 1. The van der Waals surface area contributed by atoms with E-state index in [2.05, 4.69) is 13.8 Å². The van der Waals surface area contributed by atoms with Crippen LogP contribution in [0.25, 0.3) is 0 Å². The van der Waals surface area contributed by atoms with Crippen LogP contribution in [0.3, 0.4) is 0 Å². The van der Waals surface area contributed by atoms with Gasteiger partial charge in [-0.05, 0) is 26.2 Å². The maximum absolute atomic E-state index is 12.6. The highest BCUT2D eigenvalue weighted by molar-refractivity contribution is 6.53. The smallest absolute Gasteiger partial charge is 0.231 e. The summed E-state index contributed by atoms with van der Waals surface area (Å²) in [4.78, 5) is 14.5. The van der Waals surface area contributed by atoms with Crippen LogP contribution in [0, 0.1) is 5.41 Å². The second-order valence-corrected chi connectivity index (χ2v) is 6.66. The van der Waals surface area contributed by atoms with Crippen molar-refractivity contribution in [1.82, 2.24) is 4.90 Å². The number of carbonyl (C=O) groups is 1. The highest BCUT2D eigenvalue weighted by Gasteiger charge is 2.68. The normalized spacial score (nSPS) is 25.3. The lowest BCUT2D eigenvalue weighted by Crippen LogP contribution is -2.46. The van der Waals surface area contributed by atoms with Gasteiger partial charge in [0, 0.05) is 19.7 Å². The Bertz CT molecular complexity index is 305. The van der Waals surface area contributed by atoms with Gasteiger partial charge in [-0.15, -0.1) is 23.2 Å². The fourth-order valence-electron chi connectivity index (χ4n) is 2.32. The Morgan fingerprint density at radius 2 is 1.89 bits per heavy atom. The average Bonchev–Trinajstić information content (AvgIpc) is 2.84. The van der Waals surface area contributed by atoms with Gasteiger partial charge in [-0.2, -0.15) is 0 Å². The molecule has 0 bridgehead atoms. The minimum Gasteiger partial charge on any atom is -0.383 e. The Balaban J connectivity index is 2.80. The minimum absolute atomic E-state index is 0.0539. The van der Waals surface area contributed by atoms with Gasteiger partial charge in [0.05, 0.1) is 12.0 Å². The molecule has 0 aromatic rings. The minimum atomic E-state index is -0.901. The standard InChI is InChI=1S/C13H23Cl2NO2/c1-5-10(6-2)16(7-8-18-4)11(17)12(3)9-13(12,14)15/h10H,5-9H2,1-4H3. The molecule has 1 fully saturated rings. The molecule has 1 saturated carbocycles. The van der Waals surface area contributed by atoms with Crippen LogP contribution < -0.4 is 0 Å². The van der Waals surface area contributed by atoms with Crippen molar-refractivity contribution in [3.05, 3.63) is 0 Å². The second kappa shape index (κ2) is 5.98.